The van der Waals surface area contributed by atoms with E-state index in [0.29, 0.717) is 5.69 Å². The molecule has 0 spiro atoms. The van der Waals surface area contributed by atoms with E-state index in [9.17, 15) is 4.79 Å². The van der Waals surface area contributed by atoms with Gasteiger partial charge < -0.3 is 10.3 Å². The van der Waals surface area contributed by atoms with Gasteiger partial charge in [0.15, 0.2) is 5.78 Å². The minimum Gasteiger partial charge on any atom is -0.342 e. The third-order valence-electron chi connectivity index (χ3n) is 2.12. The van der Waals surface area contributed by atoms with Crippen LogP contribution in [-0.2, 0) is 0 Å². The molecule has 0 saturated heterocycles. The molecule has 2 aromatic rings. The number of aromatic nitrogens is 1. The second kappa shape index (κ2) is 4.00. The number of hydrogen-bond acceptors (Lipinski definition) is 2. The van der Waals surface area contributed by atoms with Crippen LogP contribution >= 0.6 is 0 Å². The molecule has 0 aliphatic heterocycles. The third kappa shape index (κ3) is 2.26. The molecule has 1 aromatic heterocycles. The Hall–Kier alpha value is -2.03. The highest BCUT2D eigenvalue weighted by Gasteiger charge is 2.02. The Kier molecular flexibility index (Phi) is 2.54. The first-order chi connectivity index (χ1) is 7.25. The Morgan fingerprint density at radius 2 is 1.87 bits per heavy atom. The Morgan fingerprint density at radius 3 is 2.47 bits per heavy atom. The summed E-state index contributed by atoms with van der Waals surface area (Å²) >= 11 is 0. The van der Waals surface area contributed by atoms with E-state index in [-0.39, 0.29) is 5.78 Å². The van der Waals surface area contributed by atoms with Crippen molar-refractivity contribution in [1.29, 1.82) is 0 Å². The van der Waals surface area contributed by atoms with Crippen molar-refractivity contribution in [2.45, 2.75) is 6.92 Å². The lowest BCUT2D eigenvalue weighted by atomic mass is 10.3. The molecule has 2 N–H and O–H groups in total. The zero-order valence-corrected chi connectivity index (χ0v) is 8.45. The van der Waals surface area contributed by atoms with Crippen molar-refractivity contribution in [2.24, 2.45) is 0 Å². The van der Waals surface area contributed by atoms with Crippen molar-refractivity contribution in [3.05, 3.63) is 48.2 Å². The number of para-hydroxylation sites is 1. The number of rotatable bonds is 3. The van der Waals surface area contributed by atoms with Crippen LogP contribution < -0.4 is 5.32 Å². The maximum Gasteiger partial charge on any atom is 0.175 e. The van der Waals surface area contributed by atoms with Gasteiger partial charge in [0.2, 0.25) is 0 Å². The molecule has 0 bridgehead atoms. The summed E-state index contributed by atoms with van der Waals surface area (Å²) < 4.78 is 0. The zero-order valence-electron chi connectivity index (χ0n) is 8.45. The highest BCUT2D eigenvalue weighted by Crippen LogP contribution is 2.15. The van der Waals surface area contributed by atoms with Gasteiger partial charge in [-0.2, -0.15) is 0 Å². The average Bonchev–Trinajstić information content (AvgIpc) is 2.68. The van der Waals surface area contributed by atoms with Gasteiger partial charge in [0, 0.05) is 12.6 Å². The van der Waals surface area contributed by atoms with Crippen LogP contribution in [0.5, 0.6) is 0 Å². The van der Waals surface area contributed by atoms with E-state index in [2.05, 4.69) is 10.3 Å². The van der Waals surface area contributed by atoms with Gasteiger partial charge in [-0.3, -0.25) is 4.79 Å². The number of benzene rings is 1. The summed E-state index contributed by atoms with van der Waals surface area (Å²) in [6.07, 6.45) is 0. The molecule has 76 valence electrons. The van der Waals surface area contributed by atoms with Crippen LogP contribution in [0.25, 0.3) is 0 Å². The van der Waals surface area contributed by atoms with E-state index in [0.717, 1.165) is 11.5 Å². The largest absolute Gasteiger partial charge is 0.342 e. The van der Waals surface area contributed by atoms with Crippen molar-refractivity contribution in [2.75, 3.05) is 5.32 Å². The van der Waals surface area contributed by atoms with Crippen LogP contribution in [0, 0.1) is 0 Å². The smallest absolute Gasteiger partial charge is 0.175 e. The summed E-state index contributed by atoms with van der Waals surface area (Å²) in [7, 11) is 0. The molecule has 1 aromatic carbocycles. The summed E-state index contributed by atoms with van der Waals surface area (Å²) in [5.41, 5.74) is 1.61. The van der Waals surface area contributed by atoms with Crippen molar-refractivity contribution in [3.63, 3.8) is 0 Å². The van der Waals surface area contributed by atoms with Gasteiger partial charge in [-0.05, 0) is 24.3 Å². The van der Waals surface area contributed by atoms with E-state index in [1.54, 1.807) is 6.07 Å². The number of H-pyrrole nitrogens is 1. The average molecular weight is 200 g/mol. The molecule has 3 nitrogen and oxygen atoms in total. The number of aromatic amines is 1. The summed E-state index contributed by atoms with van der Waals surface area (Å²) in [6, 6.07) is 13.4. The van der Waals surface area contributed by atoms with E-state index in [4.69, 9.17) is 0 Å². The quantitative estimate of drug-likeness (QED) is 0.748. The summed E-state index contributed by atoms with van der Waals surface area (Å²) in [4.78, 5) is 14.1. The van der Waals surface area contributed by atoms with Crippen LogP contribution in [0.1, 0.15) is 17.4 Å². The van der Waals surface area contributed by atoms with Crippen LogP contribution in [0.15, 0.2) is 42.5 Å². The van der Waals surface area contributed by atoms with E-state index in [1.807, 2.05) is 36.4 Å². The molecule has 1 heterocycles. The SMILES string of the molecule is CC(=O)c1ccc(Nc2ccccc2)[nH]1. The molecule has 0 aliphatic carbocycles. The normalized spacial score (nSPS) is 9.93. The van der Waals surface area contributed by atoms with Crippen LogP contribution in [0.3, 0.4) is 0 Å². The molecule has 0 unspecified atom stereocenters. The molecule has 0 radical (unpaired) electrons. The third-order valence-corrected chi connectivity index (χ3v) is 2.12. The fraction of sp³-hybridized carbons (Fsp3) is 0.0833. The lowest BCUT2D eigenvalue weighted by Gasteiger charge is -2.02. The lowest BCUT2D eigenvalue weighted by molar-refractivity contribution is 0.101. The first-order valence-electron chi connectivity index (χ1n) is 4.78. The molecule has 3 heteroatoms. The monoisotopic (exact) mass is 200 g/mol. The first kappa shape index (κ1) is 9.52. The number of hydrogen-bond donors (Lipinski definition) is 2. The topological polar surface area (TPSA) is 44.9 Å². The second-order valence-electron chi connectivity index (χ2n) is 3.33. The van der Waals surface area contributed by atoms with Crippen LogP contribution in [0.2, 0.25) is 0 Å². The number of nitrogens with one attached hydrogen (secondary N) is 2. The number of carbonyl (C=O) groups excluding carboxylic acids is 1. The van der Waals surface area contributed by atoms with Crippen molar-refractivity contribution in [1.82, 2.24) is 4.98 Å². The van der Waals surface area contributed by atoms with E-state index < -0.39 is 0 Å². The van der Waals surface area contributed by atoms with Crippen LogP contribution in [0.4, 0.5) is 11.5 Å². The zero-order chi connectivity index (χ0) is 10.7. The molecule has 2 rings (SSSR count). The molecule has 15 heavy (non-hydrogen) atoms. The summed E-state index contributed by atoms with van der Waals surface area (Å²) in [5.74, 6) is 0.863. The molecule has 0 aliphatic rings. The van der Waals surface area contributed by atoms with Crippen molar-refractivity contribution in [3.8, 4) is 0 Å². The van der Waals surface area contributed by atoms with Gasteiger partial charge in [-0.25, -0.2) is 0 Å². The summed E-state index contributed by atoms with van der Waals surface area (Å²) in [5, 5.41) is 3.17. The minimum atomic E-state index is 0.0381. The molecular formula is C12H12N2O. The van der Waals surface area contributed by atoms with Gasteiger partial charge in [0.25, 0.3) is 0 Å². The van der Waals surface area contributed by atoms with Gasteiger partial charge in [0.05, 0.1) is 5.69 Å². The fourth-order valence-electron chi connectivity index (χ4n) is 1.35. The summed E-state index contributed by atoms with van der Waals surface area (Å²) in [6.45, 7) is 1.54. The Labute approximate surface area is 88.1 Å². The molecule has 0 fully saturated rings. The minimum absolute atomic E-state index is 0.0381. The Morgan fingerprint density at radius 1 is 1.13 bits per heavy atom. The fourth-order valence-corrected chi connectivity index (χ4v) is 1.35. The predicted molar refractivity (Wildman–Crippen MR) is 60.5 cm³/mol. The standard InChI is InChI=1S/C12H12N2O/c1-9(15)11-7-8-12(14-11)13-10-5-3-2-4-6-10/h2-8,13-14H,1H3. The van der Waals surface area contributed by atoms with Gasteiger partial charge in [-0.1, -0.05) is 18.2 Å². The van der Waals surface area contributed by atoms with Gasteiger partial charge >= 0.3 is 0 Å². The number of carbonyl (C=O) groups is 1. The lowest BCUT2D eigenvalue weighted by Crippen LogP contribution is -1.94. The Balaban J connectivity index is 2.15. The highest BCUT2D eigenvalue weighted by molar-refractivity contribution is 5.93. The molecule has 0 atom stereocenters. The van der Waals surface area contributed by atoms with Crippen molar-refractivity contribution >= 4 is 17.3 Å². The van der Waals surface area contributed by atoms with E-state index in [1.165, 1.54) is 6.92 Å². The predicted octanol–water partition coefficient (Wildman–Crippen LogP) is 2.96. The first-order valence-corrected chi connectivity index (χ1v) is 4.78. The number of Topliss-reactive ketones (excluding diaryl/α,β-unsaturated/α-hetero) is 1. The molecule has 0 saturated carbocycles. The maximum absolute atomic E-state index is 11.1. The van der Waals surface area contributed by atoms with Gasteiger partial charge in [0.1, 0.15) is 5.82 Å². The highest BCUT2D eigenvalue weighted by atomic mass is 16.1. The molecule has 0 amide bonds. The van der Waals surface area contributed by atoms with E-state index >= 15 is 0 Å². The van der Waals surface area contributed by atoms with Crippen LogP contribution in [-0.4, -0.2) is 10.8 Å². The molecular weight excluding hydrogens is 188 g/mol. The Bertz CT molecular complexity index is 459. The van der Waals surface area contributed by atoms with Crippen molar-refractivity contribution < 1.29 is 4.79 Å². The van der Waals surface area contributed by atoms with Gasteiger partial charge in [-0.15, -0.1) is 0 Å². The maximum atomic E-state index is 11.1. The second-order valence-corrected chi connectivity index (χ2v) is 3.33. The number of ketones is 1. The number of anilines is 2.